The van der Waals surface area contributed by atoms with E-state index >= 15 is 0 Å². The van der Waals surface area contributed by atoms with E-state index in [0.717, 1.165) is 19.3 Å². The molecule has 0 fully saturated rings. The molecule has 0 atom stereocenters. The second-order valence-electron chi connectivity index (χ2n) is 12.2. The van der Waals surface area contributed by atoms with Crippen LogP contribution in [0.2, 0.25) is 0 Å². The highest BCUT2D eigenvalue weighted by Crippen LogP contribution is 2.14. The number of unbranched alkanes of at least 4 members (excludes halogenated alkanes) is 25. The molecule has 242 valence electrons. The van der Waals surface area contributed by atoms with Crippen LogP contribution >= 0.6 is 0 Å². The lowest BCUT2D eigenvalue weighted by Gasteiger charge is -2.05. The second-order valence-corrected chi connectivity index (χ2v) is 12.2. The van der Waals surface area contributed by atoms with Crippen molar-refractivity contribution in [3.8, 4) is 0 Å². The summed E-state index contributed by atoms with van der Waals surface area (Å²) in [4.78, 5) is 11.9. The van der Waals surface area contributed by atoms with Crippen molar-refractivity contribution in [2.45, 2.75) is 200 Å². The third-order valence-corrected chi connectivity index (χ3v) is 8.02. The maximum Gasteiger partial charge on any atom is 0.305 e. The van der Waals surface area contributed by atoms with Gasteiger partial charge in [-0.1, -0.05) is 161 Å². The normalized spacial score (nSPS) is 11.7. The first-order valence-corrected chi connectivity index (χ1v) is 18.4. The molecule has 0 spiro atoms. The quantitative estimate of drug-likeness (QED) is 0.0331. The third-order valence-electron chi connectivity index (χ3n) is 8.02. The van der Waals surface area contributed by atoms with Crippen molar-refractivity contribution in [2.24, 2.45) is 0 Å². The molecule has 3 heteroatoms. The molecule has 0 N–H and O–H groups in total. The van der Waals surface area contributed by atoms with Gasteiger partial charge in [0, 0.05) is 6.42 Å². The molecule has 0 heterocycles. The van der Waals surface area contributed by atoms with E-state index in [1.165, 1.54) is 161 Å². The van der Waals surface area contributed by atoms with E-state index in [-0.39, 0.29) is 5.97 Å². The van der Waals surface area contributed by atoms with Crippen LogP contribution in [-0.2, 0) is 14.3 Å². The van der Waals surface area contributed by atoms with Crippen molar-refractivity contribution in [1.29, 1.82) is 0 Å². The monoisotopic (exact) mass is 577 g/mol. The van der Waals surface area contributed by atoms with Gasteiger partial charge in [-0.15, -0.1) is 0 Å². The van der Waals surface area contributed by atoms with Crippen LogP contribution in [-0.4, -0.2) is 19.2 Å². The van der Waals surface area contributed by atoms with E-state index < -0.39 is 0 Å². The van der Waals surface area contributed by atoms with E-state index in [1.807, 2.05) is 0 Å². The smallest absolute Gasteiger partial charge is 0.305 e. The summed E-state index contributed by atoms with van der Waals surface area (Å²) in [5, 5.41) is 0. The number of carbonyl (C=O) groups excluding carboxylic acids is 1. The fourth-order valence-electron chi connectivity index (χ4n) is 5.28. The Morgan fingerprint density at radius 1 is 0.439 bits per heavy atom. The van der Waals surface area contributed by atoms with Crippen molar-refractivity contribution in [1.82, 2.24) is 0 Å². The van der Waals surface area contributed by atoms with E-state index in [4.69, 9.17) is 9.47 Å². The van der Waals surface area contributed by atoms with E-state index in [9.17, 15) is 4.79 Å². The molecule has 0 aliphatic heterocycles. The molecule has 0 aliphatic carbocycles. The highest BCUT2D eigenvalue weighted by molar-refractivity contribution is 5.69. The number of hydrogen-bond acceptors (Lipinski definition) is 3. The van der Waals surface area contributed by atoms with Gasteiger partial charge in [0.1, 0.15) is 13.2 Å². The molecule has 0 aromatic rings. The Bertz CT molecular complexity index is 554. The minimum absolute atomic E-state index is 0.0855. The zero-order chi connectivity index (χ0) is 29.7. The second kappa shape index (κ2) is 36.8. The minimum Gasteiger partial charge on any atom is -0.498 e. The zero-order valence-electron chi connectivity index (χ0n) is 28.0. The molecule has 0 unspecified atom stereocenters. The van der Waals surface area contributed by atoms with Crippen LogP contribution in [0, 0.1) is 0 Å². The molecule has 0 saturated carbocycles. The van der Waals surface area contributed by atoms with Crippen LogP contribution in [0.15, 0.2) is 24.5 Å². The number of allylic oxidation sites excluding steroid dienone is 3. The highest BCUT2D eigenvalue weighted by Gasteiger charge is 2.02. The summed E-state index contributed by atoms with van der Waals surface area (Å²) in [5.74, 6) is -0.0855. The maximum atomic E-state index is 11.9. The maximum absolute atomic E-state index is 11.9. The summed E-state index contributed by atoms with van der Waals surface area (Å²) in [6.45, 7) is 5.37. The predicted octanol–water partition coefficient (Wildman–Crippen LogP) is 13.0. The Morgan fingerprint density at radius 2 is 0.805 bits per heavy atom. The Hall–Kier alpha value is -1.25. The fraction of sp³-hybridized carbons (Fsp3) is 0.868. The minimum atomic E-state index is -0.0855. The van der Waals surface area contributed by atoms with Gasteiger partial charge in [0.05, 0.1) is 6.26 Å². The van der Waals surface area contributed by atoms with Gasteiger partial charge in [0.2, 0.25) is 0 Å². The topological polar surface area (TPSA) is 35.5 Å². The van der Waals surface area contributed by atoms with Crippen LogP contribution in [0.5, 0.6) is 0 Å². The van der Waals surface area contributed by atoms with Gasteiger partial charge in [-0.25, -0.2) is 0 Å². The summed E-state index contributed by atoms with van der Waals surface area (Å²) in [5.41, 5.74) is 0. The van der Waals surface area contributed by atoms with Gasteiger partial charge in [-0.3, -0.25) is 4.79 Å². The van der Waals surface area contributed by atoms with Crippen molar-refractivity contribution < 1.29 is 14.3 Å². The lowest BCUT2D eigenvalue weighted by atomic mass is 10.0. The average molecular weight is 577 g/mol. The van der Waals surface area contributed by atoms with Gasteiger partial charge in [-0.05, 0) is 51.0 Å². The number of ether oxygens (including phenoxy) is 2. The van der Waals surface area contributed by atoms with Crippen LogP contribution < -0.4 is 0 Å². The summed E-state index contributed by atoms with van der Waals surface area (Å²) in [6, 6.07) is 0. The van der Waals surface area contributed by atoms with Gasteiger partial charge in [-0.2, -0.15) is 0 Å². The Morgan fingerprint density at radius 3 is 1.24 bits per heavy atom. The average Bonchev–Trinajstić information content (AvgIpc) is 2.98. The van der Waals surface area contributed by atoms with Crippen molar-refractivity contribution in [2.75, 3.05) is 13.2 Å². The van der Waals surface area contributed by atoms with Gasteiger partial charge >= 0.3 is 5.97 Å². The molecule has 0 radical (unpaired) electrons. The lowest BCUT2D eigenvalue weighted by molar-refractivity contribution is -0.144. The molecule has 0 aliphatic rings. The van der Waals surface area contributed by atoms with Gasteiger partial charge in [0.25, 0.3) is 0 Å². The van der Waals surface area contributed by atoms with Gasteiger partial charge in [0.15, 0.2) is 0 Å². The molecular weight excluding hydrogens is 504 g/mol. The molecule has 0 amide bonds. The Kier molecular flexibility index (Phi) is 35.7. The molecule has 0 bridgehead atoms. The number of rotatable bonds is 34. The third kappa shape index (κ3) is 36.7. The van der Waals surface area contributed by atoms with Crippen molar-refractivity contribution in [3.05, 3.63) is 24.5 Å². The lowest BCUT2D eigenvalue weighted by Crippen LogP contribution is -2.09. The molecule has 0 aromatic carbocycles. The first-order valence-electron chi connectivity index (χ1n) is 18.4. The van der Waals surface area contributed by atoms with Crippen LogP contribution in [0.25, 0.3) is 0 Å². The summed E-state index contributed by atoms with van der Waals surface area (Å²) < 4.78 is 10.8. The number of esters is 1. The number of hydrogen-bond donors (Lipinski definition) is 0. The van der Waals surface area contributed by atoms with Crippen LogP contribution in [0.4, 0.5) is 0 Å². The largest absolute Gasteiger partial charge is 0.498 e. The van der Waals surface area contributed by atoms with Crippen LogP contribution in [0.3, 0.4) is 0 Å². The highest BCUT2D eigenvalue weighted by atomic mass is 16.6. The molecular formula is C38H72O3. The first kappa shape index (κ1) is 39.8. The summed E-state index contributed by atoms with van der Waals surface area (Å²) in [6.07, 6.45) is 46.3. The van der Waals surface area contributed by atoms with Crippen LogP contribution in [0.1, 0.15) is 200 Å². The molecule has 0 saturated heterocycles. The predicted molar refractivity (Wildman–Crippen MR) is 180 cm³/mol. The van der Waals surface area contributed by atoms with E-state index in [0.29, 0.717) is 19.6 Å². The Labute approximate surface area is 257 Å². The van der Waals surface area contributed by atoms with Gasteiger partial charge < -0.3 is 9.47 Å². The molecule has 0 rings (SSSR count). The first-order chi connectivity index (χ1) is 20.3. The standard InChI is InChI=1S/C38H72O3/c1-3-5-7-9-11-13-15-17-19-21-23-25-27-29-31-33-35-40-36-37-41-38(39)34-32-30-28-26-24-22-20-18-16-14-12-10-8-6-4-2/h18,20,33,35H,3-17,19,21-32,34,36-37H2,1-2H3/b20-18+,35-33+. The van der Waals surface area contributed by atoms with Crippen molar-refractivity contribution >= 4 is 5.97 Å². The summed E-state index contributed by atoms with van der Waals surface area (Å²) in [7, 11) is 0. The fourth-order valence-corrected chi connectivity index (χ4v) is 5.28. The summed E-state index contributed by atoms with van der Waals surface area (Å²) >= 11 is 0. The molecule has 41 heavy (non-hydrogen) atoms. The van der Waals surface area contributed by atoms with Crippen molar-refractivity contribution in [3.63, 3.8) is 0 Å². The molecule has 0 aromatic heterocycles. The van der Waals surface area contributed by atoms with E-state index in [2.05, 4.69) is 32.1 Å². The number of carbonyl (C=O) groups is 1. The Balaban J connectivity index is 3.24. The molecule has 3 nitrogen and oxygen atoms in total. The SMILES string of the molecule is CCCCCCCC/C=C/CCCCCCCC(=O)OCCO/C=C/CCCCCCCCCCCCCCCC. The van der Waals surface area contributed by atoms with E-state index in [1.54, 1.807) is 6.26 Å². The zero-order valence-corrected chi connectivity index (χ0v) is 28.0.